The standard InChI is InChI=1S/C20H22F3N5O4/c1-11-18(32-10-20(21,22)23)26-8-16(27-11)12(2)28-9-14-13(19(28)31)3-4-24-15(14)7-17(30)25-5-6-29/h3-4,8,12,29H,5-7,9-10H2,1-2H3,(H,25,30). The lowest BCUT2D eigenvalue weighted by atomic mass is 10.1. The molecule has 0 fully saturated rings. The molecule has 3 heterocycles. The molecule has 1 aliphatic rings. The highest BCUT2D eigenvalue weighted by Gasteiger charge is 2.35. The minimum absolute atomic E-state index is 0.0389. The number of hydrogen-bond donors (Lipinski definition) is 2. The second kappa shape index (κ2) is 9.47. The van der Waals surface area contributed by atoms with Crippen LogP contribution in [0, 0.1) is 6.92 Å². The SMILES string of the molecule is Cc1nc(C(C)N2Cc3c(ccnc3CC(=O)NCCO)C2=O)cnc1OCC(F)(F)F. The van der Waals surface area contributed by atoms with Crippen LogP contribution in [0.3, 0.4) is 0 Å². The molecule has 0 bridgehead atoms. The third kappa shape index (κ3) is 5.31. The Morgan fingerprint density at radius 2 is 2.12 bits per heavy atom. The highest BCUT2D eigenvalue weighted by molar-refractivity contribution is 5.99. The fraction of sp³-hybridized carbons (Fsp3) is 0.450. The number of hydrogen-bond acceptors (Lipinski definition) is 7. The van der Waals surface area contributed by atoms with Crippen molar-refractivity contribution in [2.24, 2.45) is 0 Å². The Morgan fingerprint density at radius 3 is 2.78 bits per heavy atom. The van der Waals surface area contributed by atoms with Crippen LogP contribution in [-0.4, -0.2) is 62.7 Å². The summed E-state index contributed by atoms with van der Waals surface area (Å²) in [4.78, 5) is 38.9. The maximum atomic E-state index is 13.0. The van der Waals surface area contributed by atoms with Gasteiger partial charge < -0.3 is 20.1 Å². The molecule has 0 radical (unpaired) electrons. The first-order valence-electron chi connectivity index (χ1n) is 9.79. The highest BCUT2D eigenvalue weighted by atomic mass is 19.4. The van der Waals surface area contributed by atoms with Gasteiger partial charge >= 0.3 is 6.18 Å². The number of rotatable bonds is 8. The van der Waals surface area contributed by atoms with Gasteiger partial charge in [0.2, 0.25) is 11.8 Å². The van der Waals surface area contributed by atoms with Gasteiger partial charge in [0.05, 0.1) is 42.3 Å². The number of halogens is 3. The first kappa shape index (κ1) is 23.4. The van der Waals surface area contributed by atoms with Crippen molar-refractivity contribution >= 4 is 11.8 Å². The molecular weight excluding hydrogens is 431 g/mol. The van der Waals surface area contributed by atoms with Gasteiger partial charge in [0.15, 0.2) is 6.61 Å². The monoisotopic (exact) mass is 453 g/mol. The molecule has 2 amide bonds. The van der Waals surface area contributed by atoms with E-state index < -0.39 is 18.8 Å². The van der Waals surface area contributed by atoms with Crippen LogP contribution in [0.25, 0.3) is 0 Å². The first-order valence-corrected chi connectivity index (χ1v) is 9.79. The summed E-state index contributed by atoms with van der Waals surface area (Å²) in [6.45, 7) is 1.86. The fourth-order valence-corrected chi connectivity index (χ4v) is 3.33. The molecule has 1 aliphatic heterocycles. The first-order chi connectivity index (χ1) is 15.1. The van der Waals surface area contributed by atoms with Crippen molar-refractivity contribution in [2.75, 3.05) is 19.8 Å². The summed E-state index contributed by atoms with van der Waals surface area (Å²) < 4.78 is 41.8. The number of aliphatic hydroxyl groups excluding tert-OH is 1. The molecule has 12 heteroatoms. The molecule has 1 atom stereocenters. The van der Waals surface area contributed by atoms with Crippen LogP contribution in [-0.2, 0) is 17.8 Å². The van der Waals surface area contributed by atoms with Gasteiger partial charge in [0.25, 0.3) is 5.91 Å². The van der Waals surface area contributed by atoms with E-state index in [0.29, 0.717) is 22.5 Å². The van der Waals surface area contributed by atoms with E-state index in [4.69, 9.17) is 5.11 Å². The summed E-state index contributed by atoms with van der Waals surface area (Å²) in [5, 5.41) is 11.4. The van der Waals surface area contributed by atoms with Crippen LogP contribution >= 0.6 is 0 Å². The summed E-state index contributed by atoms with van der Waals surface area (Å²) >= 11 is 0. The largest absolute Gasteiger partial charge is 0.467 e. The van der Waals surface area contributed by atoms with Gasteiger partial charge in [-0.1, -0.05) is 0 Å². The number of alkyl halides is 3. The number of aliphatic hydroxyl groups is 1. The van der Waals surface area contributed by atoms with Crippen molar-refractivity contribution in [1.82, 2.24) is 25.2 Å². The molecule has 0 aromatic carbocycles. The number of nitrogens with zero attached hydrogens (tertiary/aromatic N) is 4. The van der Waals surface area contributed by atoms with Gasteiger partial charge in [-0.15, -0.1) is 0 Å². The zero-order valence-electron chi connectivity index (χ0n) is 17.4. The Hall–Kier alpha value is -3.28. The average molecular weight is 453 g/mol. The van der Waals surface area contributed by atoms with E-state index in [1.165, 1.54) is 24.2 Å². The minimum Gasteiger partial charge on any atom is -0.467 e. The predicted octanol–water partition coefficient (Wildman–Crippen LogP) is 1.49. The lowest BCUT2D eigenvalue weighted by molar-refractivity contribution is -0.154. The van der Waals surface area contributed by atoms with Crippen molar-refractivity contribution < 1.29 is 32.6 Å². The molecule has 1 unspecified atom stereocenters. The molecule has 9 nitrogen and oxygen atoms in total. The zero-order valence-corrected chi connectivity index (χ0v) is 17.4. The number of aromatic nitrogens is 3. The molecule has 0 saturated carbocycles. The van der Waals surface area contributed by atoms with Crippen LogP contribution in [0.2, 0.25) is 0 Å². The van der Waals surface area contributed by atoms with Crippen molar-refractivity contribution in [3.05, 3.63) is 46.7 Å². The lowest BCUT2D eigenvalue weighted by Crippen LogP contribution is -2.29. The summed E-state index contributed by atoms with van der Waals surface area (Å²) in [6, 6.07) is 1.04. The quantitative estimate of drug-likeness (QED) is 0.622. The third-order valence-electron chi connectivity index (χ3n) is 4.92. The molecule has 3 rings (SSSR count). The van der Waals surface area contributed by atoms with Gasteiger partial charge in [-0.3, -0.25) is 14.6 Å². The molecule has 172 valence electrons. The zero-order chi connectivity index (χ0) is 23.5. The predicted molar refractivity (Wildman–Crippen MR) is 105 cm³/mol. The molecule has 0 spiro atoms. The van der Waals surface area contributed by atoms with Gasteiger partial charge in [-0.05, 0) is 19.9 Å². The number of nitrogens with one attached hydrogen (secondary N) is 1. The van der Waals surface area contributed by atoms with Gasteiger partial charge in [-0.25, -0.2) is 9.97 Å². The Labute approximate surface area is 181 Å². The van der Waals surface area contributed by atoms with Crippen LogP contribution < -0.4 is 10.1 Å². The molecule has 32 heavy (non-hydrogen) atoms. The number of ether oxygens (including phenoxy) is 1. The third-order valence-corrected chi connectivity index (χ3v) is 4.92. The van der Waals surface area contributed by atoms with E-state index >= 15 is 0 Å². The van der Waals surface area contributed by atoms with E-state index in [0.717, 1.165) is 0 Å². The highest BCUT2D eigenvalue weighted by Crippen LogP contribution is 2.32. The van der Waals surface area contributed by atoms with E-state index in [-0.39, 0.29) is 49.5 Å². The van der Waals surface area contributed by atoms with Crippen LogP contribution in [0.1, 0.15) is 46.0 Å². The summed E-state index contributed by atoms with van der Waals surface area (Å²) in [7, 11) is 0. The number of pyridine rings is 1. The number of carbonyl (C=O) groups excluding carboxylic acids is 2. The summed E-state index contributed by atoms with van der Waals surface area (Å²) in [5.74, 6) is -0.826. The molecule has 0 aliphatic carbocycles. The molecule has 2 N–H and O–H groups in total. The van der Waals surface area contributed by atoms with Crippen molar-refractivity contribution in [1.29, 1.82) is 0 Å². The van der Waals surface area contributed by atoms with Gasteiger partial charge in [-0.2, -0.15) is 13.2 Å². The molecule has 2 aromatic rings. The smallest absolute Gasteiger partial charge is 0.422 e. The van der Waals surface area contributed by atoms with Crippen LogP contribution in [0.5, 0.6) is 5.88 Å². The van der Waals surface area contributed by atoms with Crippen molar-refractivity contribution in [3.8, 4) is 5.88 Å². The Morgan fingerprint density at radius 1 is 1.38 bits per heavy atom. The van der Waals surface area contributed by atoms with E-state index in [2.05, 4.69) is 25.0 Å². The van der Waals surface area contributed by atoms with Crippen molar-refractivity contribution in [2.45, 2.75) is 39.0 Å². The molecule has 0 saturated heterocycles. The normalized spacial score (nSPS) is 14.3. The number of fused-ring (bicyclic) bond motifs is 1. The van der Waals surface area contributed by atoms with Crippen LogP contribution in [0.15, 0.2) is 18.5 Å². The topological polar surface area (TPSA) is 118 Å². The fourth-order valence-electron chi connectivity index (χ4n) is 3.33. The maximum Gasteiger partial charge on any atom is 0.422 e. The summed E-state index contributed by atoms with van der Waals surface area (Å²) in [5.41, 5.74) is 2.06. The maximum absolute atomic E-state index is 13.0. The Balaban J connectivity index is 1.76. The number of amides is 2. The minimum atomic E-state index is -4.49. The van der Waals surface area contributed by atoms with Gasteiger partial charge in [0.1, 0.15) is 0 Å². The average Bonchev–Trinajstić information content (AvgIpc) is 3.08. The van der Waals surface area contributed by atoms with Crippen LogP contribution in [0.4, 0.5) is 13.2 Å². The molecular formula is C20H22F3N5O4. The summed E-state index contributed by atoms with van der Waals surface area (Å²) in [6.07, 6.45) is -1.80. The Bertz CT molecular complexity index is 1020. The van der Waals surface area contributed by atoms with Gasteiger partial charge in [0, 0.05) is 30.4 Å². The second-order valence-corrected chi connectivity index (χ2v) is 7.23. The van der Waals surface area contributed by atoms with Crippen molar-refractivity contribution in [3.63, 3.8) is 0 Å². The Kier molecular flexibility index (Phi) is 6.92. The second-order valence-electron chi connectivity index (χ2n) is 7.23. The van der Waals surface area contributed by atoms with E-state index in [1.54, 1.807) is 13.0 Å². The molecule has 2 aromatic heterocycles. The number of carbonyl (C=O) groups is 2. The lowest BCUT2D eigenvalue weighted by Gasteiger charge is -2.24. The van der Waals surface area contributed by atoms with E-state index in [1.807, 2.05) is 0 Å². The van der Waals surface area contributed by atoms with E-state index in [9.17, 15) is 22.8 Å². The number of aryl methyl sites for hydroxylation is 1.